The molecule has 0 unspecified atom stereocenters. The molecule has 1 saturated carbocycles. The summed E-state index contributed by atoms with van der Waals surface area (Å²) in [5.74, 6) is -0.396. The van der Waals surface area contributed by atoms with Crippen LogP contribution in [0.4, 0.5) is 0 Å². The summed E-state index contributed by atoms with van der Waals surface area (Å²) >= 11 is 5.89. The number of rotatable bonds is 6. The minimum Gasteiger partial charge on any atom is -0.497 e. The van der Waals surface area contributed by atoms with Crippen molar-refractivity contribution in [2.45, 2.75) is 30.3 Å². The SMILES string of the molecule is COc1ccc(CN(C(=O)CN2C(=O)c3ccc(Cl)cc3S2(=O)=O)C2CC2)cc1. The van der Waals surface area contributed by atoms with Crippen molar-refractivity contribution in [1.82, 2.24) is 9.21 Å². The number of carbonyl (C=O) groups excluding carboxylic acids is 2. The van der Waals surface area contributed by atoms with E-state index in [4.69, 9.17) is 16.3 Å². The Morgan fingerprint density at radius 1 is 1.21 bits per heavy atom. The number of hydrogen-bond donors (Lipinski definition) is 0. The normalized spacial score (nSPS) is 17.2. The molecule has 29 heavy (non-hydrogen) atoms. The lowest BCUT2D eigenvalue weighted by Crippen LogP contribution is -2.43. The molecule has 0 bridgehead atoms. The summed E-state index contributed by atoms with van der Waals surface area (Å²) in [7, 11) is -2.52. The van der Waals surface area contributed by atoms with Crippen LogP contribution in [0.25, 0.3) is 0 Å². The molecular formula is C20H19ClN2O5S. The van der Waals surface area contributed by atoms with Crippen LogP contribution in [-0.2, 0) is 21.4 Å². The van der Waals surface area contributed by atoms with Crippen molar-refractivity contribution in [1.29, 1.82) is 0 Å². The zero-order valence-electron chi connectivity index (χ0n) is 15.7. The van der Waals surface area contributed by atoms with Crippen LogP contribution in [0, 0.1) is 0 Å². The number of fused-ring (bicyclic) bond motifs is 1. The summed E-state index contributed by atoms with van der Waals surface area (Å²) in [6, 6.07) is 11.5. The topological polar surface area (TPSA) is 84.0 Å². The fraction of sp³-hybridized carbons (Fsp3) is 0.300. The van der Waals surface area contributed by atoms with Gasteiger partial charge in [0, 0.05) is 17.6 Å². The van der Waals surface area contributed by atoms with Gasteiger partial charge >= 0.3 is 0 Å². The zero-order chi connectivity index (χ0) is 20.8. The highest BCUT2D eigenvalue weighted by molar-refractivity contribution is 7.90. The lowest BCUT2D eigenvalue weighted by Gasteiger charge is -2.25. The van der Waals surface area contributed by atoms with Gasteiger partial charge in [-0.25, -0.2) is 12.7 Å². The van der Waals surface area contributed by atoms with E-state index < -0.39 is 28.4 Å². The minimum absolute atomic E-state index is 0.0373. The average Bonchev–Trinajstić information content (AvgIpc) is 3.52. The van der Waals surface area contributed by atoms with E-state index in [0.717, 1.165) is 18.4 Å². The molecule has 1 fully saturated rings. The van der Waals surface area contributed by atoms with E-state index in [1.807, 2.05) is 12.1 Å². The zero-order valence-corrected chi connectivity index (χ0v) is 17.2. The molecule has 2 aromatic carbocycles. The molecule has 9 heteroatoms. The Bertz CT molecular complexity index is 1080. The van der Waals surface area contributed by atoms with Crippen molar-refractivity contribution in [2.24, 2.45) is 0 Å². The van der Waals surface area contributed by atoms with Gasteiger partial charge in [0.15, 0.2) is 0 Å². The number of methoxy groups -OCH3 is 1. The van der Waals surface area contributed by atoms with Crippen molar-refractivity contribution in [3.05, 3.63) is 58.6 Å². The monoisotopic (exact) mass is 434 g/mol. The first kappa shape index (κ1) is 19.7. The van der Waals surface area contributed by atoms with E-state index in [-0.39, 0.29) is 21.5 Å². The van der Waals surface area contributed by atoms with Crippen molar-refractivity contribution in [2.75, 3.05) is 13.7 Å². The number of benzene rings is 2. The molecule has 0 radical (unpaired) electrons. The second-order valence-corrected chi connectivity index (χ2v) is 9.33. The molecule has 0 atom stereocenters. The molecule has 2 aliphatic rings. The molecule has 0 N–H and O–H groups in total. The first-order chi connectivity index (χ1) is 13.8. The van der Waals surface area contributed by atoms with Gasteiger partial charge in [-0.15, -0.1) is 0 Å². The van der Waals surface area contributed by atoms with Gasteiger partial charge in [0.2, 0.25) is 5.91 Å². The van der Waals surface area contributed by atoms with Gasteiger partial charge in [-0.3, -0.25) is 9.59 Å². The highest BCUT2D eigenvalue weighted by Crippen LogP contribution is 2.33. The van der Waals surface area contributed by atoms with Crippen LogP contribution >= 0.6 is 11.6 Å². The Labute approximate surface area is 173 Å². The molecule has 2 aromatic rings. The third kappa shape index (κ3) is 3.70. The second-order valence-electron chi connectivity index (χ2n) is 7.06. The molecule has 0 saturated heterocycles. The first-order valence-electron chi connectivity index (χ1n) is 9.10. The maximum absolute atomic E-state index is 13.0. The fourth-order valence-electron chi connectivity index (χ4n) is 3.35. The number of ether oxygens (including phenoxy) is 1. The minimum atomic E-state index is -4.10. The summed E-state index contributed by atoms with van der Waals surface area (Å²) < 4.78 is 31.3. The Hall–Kier alpha value is -2.58. The Kier molecular flexibility index (Phi) is 5.00. The van der Waals surface area contributed by atoms with Gasteiger partial charge in [-0.2, -0.15) is 0 Å². The molecule has 0 spiro atoms. The van der Waals surface area contributed by atoms with Crippen molar-refractivity contribution < 1.29 is 22.7 Å². The number of sulfonamides is 1. The fourth-order valence-corrected chi connectivity index (χ4v) is 5.13. The maximum atomic E-state index is 13.0. The predicted molar refractivity (Wildman–Crippen MR) is 106 cm³/mol. The predicted octanol–water partition coefficient (Wildman–Crippen LogP) is 2.68. The third-order valence-corrected chi connectivity index (χ3v) is 7.07. The van der Waals surface area contributed by atoms with Crippen molar-refractivity contribution in [3.8, 4) is 5.75 Å². The van der Waals surface area contributed by atoms with Crippen LogP contribution in [0.15, 0.2) is 47.4 Å². The summed E-state index contributed by atoms with van der Waals surface area (Å²) in [5, 5.41) is 0.215. The molecule has 4 rings (SSSR count). The van der Waals surface area contributed by atoms with Crippen LogP contribution in [0.5, 0.6) is 5.75 Å². The van der Waals surface area contributed by atoms with Gasteiger partial charge in [-0.05, 0) is 48.7 Å². The highest BCUT2D eigenvalue weighted by atomic mass is 35.5. The van der Waals surface area contributed by atoms with E-state index in [0.29, 0.717) is 16.6 Å². The van der Waals surface area contributed by atoms with Crippen LogP contribution in [0.2, 0.25) is 5.02 Å². The smallest absolute Gasteiger partial charge is 0.269 e. The molecule has 1 heterocycles. The summed E-state index contributed by atoms with van der Waals surface area (Å²) in [6.07, 6.45) is 1.72. The van der Waals surface area contributed by atoms with E-state index in [9.17, 15) is 18.0 Å². The second kappa shape index (κ2) is 7.35. The Morgan fingerprint density at radius 3 is 2.52 bits per heavy atom. The van der Waals surface area contributed by atoms with Gasteiger partial charge < -0.3 is 9.64 Å². The van der Waals surface area contributed by atoms with Crippen LogP contribution in [0.3, 0.4) is 0 Å². The summed E-state index contributed by atoms with van der Waals surface area (Å²) in [5.41, 5.74) is 0.937. The lowest BCUT2D eigenvalue weighted by atomic mass is 10.2. The van der Waals surface area contributed by atoms with Crippen LogP contribution in [0.1, 0.15) is 28.8 Å². The Balaban J connectivity index is 1.54. The van der Waals surface area contributed by atoms with Crippen molar-refractivity contribution >= 4 is 33.4 Å². The Morgan fingerprint density at radius 2 is 1.90 bits per heavy atom. The molecule has 1 aliphatic heterocycles. The highest BCUT2D eigenvalue weighted by Gasteiger charge is 2.44. The van der Waals surface area contributed by atoms with Gasteiger partial charge in [0.25, 0.3) is 15.9 Å². The van der Waals surface area contributed by atoms with E-state index >= 15 is 0 Å². The number of amides is 2. The molecular weight excluding hydrogens is 416 g/mol. The summed E-state index contributed by atoms with van der Waals surface area (Å²) in [4.78, 5) is 27.1. The third-order valence-electron chi connectivity index (χ3n) is 5.07. The van der Waals surface area contributed by atoms with E-state index in [1.165, 1.54) is 18.2 Å². The number of carbonyl (C=O) groups is 2. The number of hydrogen-bond acceptors (Lipinski definition) is 5. The molecule has 0 aromatic heterocycles. The lowest BCUT2D eigenvalue weighted by molar-refractivity contribution is -0.132. The molecule has 152 valence electrons. The maximum Gasteiger partial charge on any atom is 0.269 e. The average molecular weight is 435 g/mol. The largest absolute Gasteiger partial charge is 0.497 e. The molecule has 1 aliphatic carbocycles. The standard InChI is InChI=1S/C20H19ClN2O5S/c1-28-16-7-2-13(3-8-16)11-22(15-5-6-15)19(24)12-23-20(25)17-9-4-14(21)10-18(17)29(23,26)27/h2-4,7-10,15H,5-6,11-12H2,1H3. The van der Waals surface area contributed by atoms with Crippen LogP contribution in [-0.4, -0.2) is 49.1 Å². The van der Waals surface area contributed by atoms with Gasteiger partial charge in [0.05, 0.1) is 12.7 Å². The van der Waals surface area contributed by atoms with E-state index in [1.54, 1.807) is 24.1 Å². The number of halogens is 1. The first-order valence-corrected chi connectivity index (χ1v) is 10.9. The van der Waals surface area contributed by atoms with E-state index in [2.05, 4.69) is 0 Å². The van der Waals surface area contributed by atoms with Crippen LogP contribution < -0.4 is 4.74 Å². The molecule has 7 nitrogen and oxygen atoms in total. The van der Waals surface area contributed by atoms with Gasteiger partial charge in [-0.1, -0.05) is 23.7 Å². The number of nitrogens with zero attached hydrogens (tertiary/aromatic N) is 2. The molecule has 2 amide bonds. The van der Waals surface area contributed by atoms with Crippen molar-refractivity contribution in [3.63, 3.8) is 0 Å². The summed E-state index contributed by atoms with van der Waals surface area (Å²) in [6.45, 7) is -0.186. The quantitative estimate of drug-likeness (QED) is 0.698. The van der Waals surface area contributed by atoms with Gasteiger partial charge in [0.1, 0.15) is 17.2 Å².